The zero-order chi connectivity index (χ0) is 19.8. The first-order valence-corrected chi connectivity index (χ1v) is 8.63. The standard InChI is InChI=1S/C19H22N2O6/c1-19(2,3)27-18(25)15(23)16-17(24)21(8-9-26-16)12-5-6-13-11(10-12)4-7-14(22)20-13/h4-7,10,15-16,23H,8-9H2,1-3H3,(H,20,22)/t15-,16-/m1/s1. The van der Waals surface area contributed by atoms with Gasteiger partial charge in [-0.15, -0.1) is 0 Å². The topological polar surface area (TPSA) is 109 Å². The van der Waals surface area contributed by atoms with Crippen LogP contribution in [0.3, 0.4) is 0 Å². The van der Waals surface area contributed by atoms with E-state index in [1.165, 1.54) is 11.0 Å². The Bertz CT molecular complexity index is 930. The number of carbonyl (C=O) groups excluding carboxylic acids is 2. The van der Waals surface area contributed by atoms with Gasteiger partial charge in [0.2, 0.25) is 5.56 Å². The van der Waals surface area contributed by atoms with Gasteiger partial charge >= 0.3 is 5.97 Å². The summed E-state index contributed by atoms with van der Waals surface area (Å²) in [5.41, 5.74) is 0.241. The second kappa shape index (κ2) is 7.13. The summed E-state index contributed by atoms with van der Waals surface area (Å²) in [6, 6.07) is 8.22. The number of fused-ring (bicyclic) bond motifs is 1. The van der Waals surface area contributed by atoms with Crippen LogP contribution in [0.2, 0.25) is 0 Å². The second-order valence-corrected chi connectivity index (χ2v) is 7.35. The van der Waals surface area contributed by atoms with Crippen LogP contribution in [0.25, 0.3) is 10.9 Å². The van der Waals surface area contributed by atoms with Crippen LogP contribution in [-0.4, -0.2) is 52.9 Å². The molecule has 144 valence electrons. The number of rotatable bonds is 3. The number of morpholine rings is 1. The molecule has 0 saturated carbocycles. The number of nitrogens with zero attached hydrogens (tertiary/aromatic N) is 1. The van der Waals surface area contributed by atoms with Gasteiger partial charge in [-0.3, -0.25) is 9.59 Å². The minimum absolute atomic E-state index is 0.167. The summed E-state index contributed by atoms with van der Waals surface area (Å²) >= 11 is 0. The maximum absolute atomic E-state index is 12.8. The van der Waals surface area contributed by atoms with Crippen molar-refractivity contribution >= 4 is 28.5 Å². The van der Waals surface area contributed by atoms with Crippen molar-refractivity contribution in [2.75, 3.05) is 18.1 Å². The number of anilines is 1. The molecule has 1 aliphatic rings. The number of aromatic amines is 1. The summed E-state index contributed by atoms with van der Waals surface area (Å²) in [5, 5.41) is 11.0. The van der Waals surface area contributed by atoms with E-state index in [9.17, 15) is 19.5 Å². The number of aliphatic hydroxyl groups excluding tert-OH is 1. The predicted octanol–water partition coefficient (Wildman–Crippen LogP) is 0.962. The van der Waals surface area contributed by atoms with Crippen molar-refractivity contribution < 1.29 is 24.2 Å². The fourth-order valence-corrected chi connectivity index (χ4v) is 2.88. The largest absolute Gasteiger partial charge is 0.458 e. The molecular formula is C19H22N2O6. The van der Waals surface area contributed by atoms with Crippen molar-refractivity contribution in [3.63, 3.8) is 0 Å². The molecule has 8 heteroatoms. The molecule has 27 heavy (non-hydrogen) atoms. The quantitative estimate of drug-likeness (QED) is 0.775. The summed E-state index contributed by atoms with van der Waals surface area (Å²) in [6.07, 6.45) is -3.05. The third-order valence-corrected chi connectivity index (χ3v) is 4.08. The molecule has 2 N–H and O–H groups in total. The van der Waals surface area contributed by atoms with Crippen LogP contribution in [0.1, 0.15) is 20.8 Å². The van der Waals surface area contributed by atoms with Gasteiger partial charge in [0.1, 0.15) is 5.60 Å². The van der Waals surface area contributed by atoms with Gasteiger partial charge in [-0.05, 0) is 45.0 Å². The molecule has 1 fully saturated rings. The Morgan fingerprint density at radius 2 is 2.04 bits per heavy atom. The minimum Gasteiger partial charge on any atom is -0.458 e. The van der Waals surface area contributed by atoms with E-state index in [1.54, 1.807) is 45.0 Å². The molecule has 1 aromatic carbocycles. The second-order valence-electron chi connectivity index (χ2n) is 7.35. The molecule has 0 spiro atoms. The molecule has 1 saturated heterocycles. The SMILES string of the molecule is CC(C)(C)OC(=O)[C@H](O)[C@H]1OCCN(c2ccc3[nH]c(=O)ccc3c2)C1=O. The van der Waals surface area contributed by atoms with E-state index in [0.29, 0.717) is 11.2 Å². The molecule has 0 bridgehead atoms. The summed E-state index contributed by atoms with van der Waals surface area (Å²) < 4.78 is 10.5. The lowest BCUT2D eigenvalue weighted by Crippen LogP contribution is -2.55. The van der Waals surface area contributed by atoms with Crippen LogP contribution in [-0.2, 0) is 19.1 Å². The number of hydrogen-bond acceptors (Lipinski definition) is 6. The molecule has 1 aromatic heterocycles. The van der Waals surface area contributed by atoms with Crippen molar-refractivity contribution in [1.29, 1.82) is 0 Å². The van der Waals surface area contributed by atoms with Gasteiger partial charge in [-0.1, -0.05) is 0 Å². The predicted molar refractivity (Wildman–Crippen MR) is 98.5 cm³/mol. The average Bonchev–Trinajstić information content (AvgIpc) is 2.59. The molecule has 2 atom stereocenters. The Kier molecular flexibility index (Phi) is 5.03. The molecule has 8 nitrogen and oxygen atoms in total. The van der Waals surface area contributed by atoms with E-state index >= 15 is 0 Å². The molecular weight excluding hydrogens is 352 g/mol. The highest BCUT2D eigenvalue weighted by atomic mass is 16.6. The van der Waals surface area contributed by atoms with Crippen molar-refractivity contribution in [3.05, 3.63) is 40.7 Å². The van der Waals surface area contributed by atoms with Crippen LogP contribution >= 0.6 is 0 Å². The number of H-pyrrole nitrogens is 1. The summed E-state index contributed by atoms with van der Waals surface area (Å²) in [4.78, 5) is 40.5. The van der Waals surface area contributed by atoms with Crippen molar-refractivity contribution in [2.24, 2.45) is 0 Å². The number of benzene rings is 1. The maximum Gasteiger partial charge on any atom is 0.338 e. The number of nitrogens with one attached hydrogen (secondary N) is 1. The molecule has 2 aromatic rings. The van der Waals surface area contributed by atoms with E-state index in [1.807, 2.05) is 0 Å². The van der Waals surface area contributed by atoms with Crippen LogP contribution in [0.15, 0.2) is 35.1 Å². The number of pyridine rings is 1. The van der Waals surface area contributed by atoms with E-state index in [4.69, 9.17) is 9.47 Å². The summed E-state index contributed by atoms with van der Waals surface area (Å²) in [5.74, 6) is -1.43. The molecule has 1 amide bonds. The van der Waals surface area contributed by atoms with Crippen LogP contribution < -0.4 is 10.5 Å². The number of carbonyl (C=O) groups is 2. The molecule has 3 rings (SSSR count). The Balaban J connectivity index is 1.83. The molecule has 0 radical (unpaired) electrons. The smallest absolute Gasteiger partial charge is 0.338 e. The highest BCUT2D eigenvalue weighted by molar-refractivity contribution is 6.01. The van der Waals surface area contributed by atoms with Crippen molar-refractivity contribution in [3.8, 4) is 0 Å². The van der Waals surface area contributed by atoms with Gasteiger partial charge in [0.05, 0.1) is 6.61 Å². The zero-order valence-electron chi connectivity index (χ0n) is 15.4. The van der Waals surface area contributed by atoms with Gasteiger partial charge in [0.15, 0.2) is 12.2 Å². The van der Waals surface area contributed by atoms with E-state index in [2.05, 4.69) is 4.98 Å². The van der Waals surface area contributed by atoms with E-state index in [0.717, 1.165) is 5.39 Å². The Morgan fingerprint density at radius 1 is 1.30 bits per heavy atom. The van der Waals surface area contributed by atoms with Crippen LogP contribution in [0.4, 0.5) is 5.69 Å². The van der Waals surface area contributed by atoms with Gasteiger partial charge in [0, 0.05) is 29.2 Å². The number of hydrogen-bond donors (Lipinski definition) is 2. The monoisotopic (exact) mass is 374 g/mol. The van der Waals surface area contributed by atoms with Gasteiger partial charge < -0.3 is 24.5 Å². The highest BCUT2D eigenvalue weighted by Crippen LogP contribution is 2.24. The van der Waals surface area contributed by atoms with E-state index in [-0.39, 0.29) is 18.7 Å². The number of ether oxygens (including phenoxy) is 2. The number of amides is 1. The lowest BCUT2D eigenvalue weighted by molar-refractivity contribution is -0.177. The average molecular weight is 374 g/mol. The first-order chi connectivity index (χ1) is 12.7. The van der Waals surface area contributed by atoms with Crippen molar-refractivity contribution in [2.45, 2.75) is 38.6 Å². The Morgan fingerprint density at radius 3 is 2.74 bits per heavy atom. The maximum atomic E-state index is 12.8. The summed E-state index contributed by atoms with van der Waals surface area (Å²) in [6.45, 7) is 5.47. The lowest BCUT2D eigenvalue weighted by Gasteiger charge is -2.34. The number of aromatic nitrogens is 1. The fraction of sp³-hybridized carbons (Fsp3) is 0.421. The zero-order valence-corrected chi connectivity index (χ0v) is 15.4. The Labute approximate surface area is 155 Å². The fourth-order valence-electron chi connectivity index (χ4n) is 2.88. The first kappa shape index (κ1) is 19.1. The van der Waals surface area contributed by atoms with Gasteiger partial charge in [0.25, 0.3) is 5.91 Å². The third-order valence-electron chi connectivity index (χ3n) is 4.08. The molecule has 0 aliphatic carbocycles. The molecule has 2 heterocycles. The Hall–Kier alpha value is -2.71. The normalized spacial score (nSPS) is 19.2. The molecule has 1 aliphatic heterocycles. The van der Waals surface area contributed by atoms with E-state index < -0.39 is 29.7 Å². The number of esters is 1. The van der Waals surface area contributed by atoms with Gasteiger partial charge in [-0.2, -0.15) is 0 Å². The van der Waals surface area contributed by atoms with Crippen LogP contribution in [0, 0.1) is 0 Å². The van der Waals surface area contributed by atoms with Crippen LogP contribution in [0.5, 0.6) is 0 Å². The highest BCUT2D eigenvalue weighted by Gasteiger charge is 2.41. The third kappa shape index (κ3) is 4.17. The minimum atomic E-state index is -1.71. The molecule has 0 unspecified atom stereocenters. The van der Waals surface area contributed by atoms with Crippen molar-refractivity contribution in [1.82, 2.24) is 4.98 Å². The summed E-state index contributed by atoms with van der Waals surface area (Å²) in [7, 11) is 0. The number of aliphatic hydroxyl groups is 1. The first-order valence-electron chi connectivity index (χ1n) is 8.63. The van der Waals surface area contributed by atoms with Gasteiger partial charge in [-0.25, -0.2) is 4.79 Å². The lowest BCUT2D eigenvalue weighted by atomic mass is 10.1.